The highest BCUT2D eigenvalue weighted by Gasteiger charge is 2.57. The molecule has 1 aliphatic carbocycles. The number of aromatic nitrogens is 2. The predicted octanol–water partition coefficient (Wildman–Crippen LogP) is 0.874. The normalized spacial score (nSPS) is 21.6. The topological polar surface area (TPSA) is 68.5 Å². The minimum absolute atomic E-state index is 0.269. The van der Waals surface area contributed by atoms with E-state index in [-0.39, 0.29) is 5.97 Å². The maximum Gasteiger partial charge on any atom is 0.321 e. The van der Waals surface area contributed by atoms with Crippen LogP contribution in [-0.2, 0) is 14.9 Å². The van der Waals surface area contributed by atoms with E-state index in [0.29, 0.717) is 11.8 Å². The van der Waals surface area contributed by atoms with E-state index in [1.807, 2.05) is 0 Å². The van der Waals surface area contributed by atoms with E-state index in [1.54, 1.807) is 0 Å². The molecule has 0 unspecified atom stereocenters. The van der Waals surface area contributed by atoms with E-state index in [4.69, 9.17) is 9.26 Å². The molecule has 1 aliphatic heterocycles. The fourth-order valence-corrected chi connectivity index (χ4v) is 2.28. The Kier molecular flexibility index (Phi) is 2.31. The number of esters is 1. The summed E-state index contributed by atoms with van der Waals surface area (Å²) in [5.74, 6) is 0.744. The van der Waals surface area contributed by atoms with Crippen molar-refractivity contribution in [3.05, 3.63) is 5.89 Å². The van der Waals surface area contributed by atoms with Gasteiger partial charge in [-0.2, -0.15) is 4.98 Å². The van der Waals surface area contributed by atoms with Gasteiger partial charge in [0.1, 0.15) is 5.41 Å². The van der Waals surface area contributed by atoms with E-state index in [2.05, 4.69) is 15.0 Å². The molecule has 2 aliphatic rings. The number of hydrogen-bond acceptors (Lipinski definition) is 6. The maximum atomic E-state index is 11.7. The van der Waals surface area contributed by atoms with Gasteiger partial charge in [0.15, 0.2) is 0 Å². The van der Waals surface area contributed by atoms with Crippen molar-refractivity contribution in [3.8, 4) is 0 Å². The summed E-state index contributed by atoms with van der Waals surface area (Å²) in [7, 11) is 1.39. The number of methoxy groups -OCH3 is 1. The minimum atomic E-state index is -0.653. The Hall–Kier alpha value is -1.59. The van der Waals surface area contributed by atoms with Crippen molar-refractivity contribution in [2.75, 3.05) is 25.1 Å². The third-order valence-electron chi connectivity index (χ3n) is 3.54. The van der Waals surface area contributed by atoms with Gasteiger partial charge in [0.2, 0.25) is 5.89 Å². The third-order valence-corrected chi connectivity index (χ3v) is 3.54. The summed E-state index contributed by atoms with van der Waals surface area (Å²) in [6, 6.07) is 0. The lowest BCUT2D eigenvalue weighted by atomic mass is 10.1. The summed E-state index contributed by atoms with van der Waals surface area (Å²) in [4.78, 5) is 18.1. The first-order chi connectivity index (χ1) is 8.26. The molecule has 6 nitrogen and oxygen atoms in total. The van der Waals surface area contributed by atoms with Gasteiger partial charge in [-0.3, -0.25) is 4.79 Å². The average Bonchev–Trinajstić information content (AvgIpc) is 2.84. The first kappa shape index (κ1) is 10.6. The Bertz CT molecular complexity index is 433. The van der Waals surface area contributed by atoms with Crippen molar-refractivity contribution in [1.82, 2.24) is 10.1 Å². The second-order valence-corrected chi connectivity index (χ2v) is 4.67. The summed E-state index contributed by atoms with van der Waals surface area (Å²) < 4.78 is 10.0. The van der Waals surface area contributed by atoms with Crippen molar-refractivity contribution in [1.29, 1.82) is 0 Å². The van der Waals surface area contributed by atoms with E-state index in [9.17, 15) is 4.79 Å². The lowest BCUT2D eigenvalue weighted by Gasteiger charge is -2.10. The lowest BCUT2D eigenvalue weighted by molar-refractivity contribution is -0.144. The molecule has 1 saturated heterocycles. The molecule has 92 valence electrons. The van der Waals surface area contributed by atoms with Gasteiger partial charge in [0, 0.05) is 13.1 Å². The monoisotopic (exact) mass is 237 g/mol. The zero-order valence-electron chi connectivity index (χ0n) is 9.81. The van der Waals surface area contributed by atoms with Crippen LogP contribution in [0, 0.1) is 0 Å². The van der Waals surface area contributed by atoms with E-state index >= 15 is 0 Å². The van der Waals surface area contributed by atoms with Crippen molar-refractivity contribution in [2.45, 2.75) is 31.1 Å². The van der Waals surface area contributed by atoms with Crippen LogP contribution in [0.2, 0.25) is 0 Å². The van der Waals surface area contributed by atoms with Crippen LogP contribution < -0.4 is 4.90 Å². The Morgan fingerprint density at radius 3 is 2.71 bits per heavy atom. The van der Waals surface area contributed by atoms with Gasteiger partial charge in [0.25, 0.3) is 5.95 Å². The highest BCUT2D eigenvalue weighted by molar-refractivity contribution is 5.85. The number of hydrogen-bond donors (Lipinski definition) is 0. The standard InChI is InChI=1S/C11H15N3O3/c1-16-9(15)11(4-5-11)8-12-10(13-17-8)14-6-2-3-7-14/h2-7H2,1H3. The summed E-state index contributed by atoms with van der Waals surface area (Å²) in [6.45, 7) is 1.92. The van der Waals surface area contributed by atoms with Crippen LogP contribution in [0.3, 0.4) is 0 Å². The van der Waals surface area contributed by atoms with Gasteiger partial charge in [-0.05, 0) is 30.8 Å². The van der Waals surface area contributed by atoms with Crippen molar-refractivity contribution in [3.63, 3.8) is 0 Å². The summed E-state index contributed by atoms with van der Waals surface area (Å²) >= 11 is 0. The molecule has 0 bridgehead atoms. The molecule has 0 atom stereocenters. The second-order valence-electron chi connectivity index (χ2n) is 4.67. The van der Waals surface area contributed by atoms with Gasteiger partial charge < -0.3 is 14.2 Å². The van der Waals surface area contributed by atoms with E-state index in [0.717, 1.165) is 38.8 Å². The number of anilines is 1. The van der Waals surface area contributed by atoms with Gasteiger partial charge >= 0.3 is 5.97 Å². The zero-order chi connectivity index (χ0) is 11.9. The Labute approximate surface area is 98.9 Å². The molecule has 1 saturated carbocycles. The minimum Gasteiger partial charge on any atom is -0.468 e. The molecule has 2 heterocycles. The Morgan fingerprint density at radius 2 is 2.12 bits per heavy atom. The SMILES string of the molecule is COC(=O)C1(c2nc(N3CCCC3)no2)CC1. The number of carbonyl (C=O) groups is 1. The number of nitrogens with zero attached hydrogens (tertiary/aromatic N) is 3. The highest BCUT2D eigenvalue weighted by Crippen LogP contribution is 2.48. The molecule has 0 amide bonds. The first-order valence-corrected chi connectivity index (χ1v) is 5.94. The fourth-order valence-electron chi connectivity index (χ4n) is 2.28. The third kappa shape index (κ3) is 1.59. The molecule has 1 aromatic rings. The van der Waals surface area contributed by atoms with Crippen LogP contribution in [0.5, 0.6) is 0 Å². The number of ether oxygens (including phenoxy) is 1. The van der Waals surface area contributed by atoms with E-state index < -0.39 is 5.41 Å². The van der Waals surface area contributed by atoms with Gasteiger partial charge in [-0.15, -0.1) is 0 Å². The summed E-state index contributed by atoms with van der Waals surface area (Å²) in [6.07, 6.45) is 3.79. The quantitative estimate of drug-likeness (QED) is 0.727. The van der Waals surface area contributed by atoms with Crippen molar-refractivity contribution >= 4 is 11.9 Å². The Morgan fingerprint density at radius 1 is 1.41 bits per heavy atom. The molecular weight excluding hydrogens is 222 g/mol. The van der Waals surface area contributed by atoms with Crippen LogP contribution in [0.1, 0.15) is 31.6 Å². The second kappa shape index (κ2) is 3.72. The van der Waals surface area contributed by atoms with Crippen LogP contribution in [-0.4, -0.2) is 36.3 Å². The average molecular weight is 237 g/mol. The zero-order valence-corrected chi connectivity index (χ0v) is 9.81. The lowest BCUT2D eigenvalue weighted by Crippen LogP contribution is -2.23. The van der Waals surface area contributed by atoms with Crippen molar-refractivity contribution in [2.24, 2.45) is 0 Å². The van der Waals surface area contributed by atoms with Crippen LogP contribution in [0.15, 0.2) is 4.52 Å². The Balaban J connectivity index is 1.83. The van der Waals surface area contributed by atoms with Crippen molar-refractivity contribution < 1.29 is 14.1 Å². The molecule has 0 N–H and O–H groups in total. The summed E-state index contributed by atoms with van der Waals surface area (Å²) in [5, 5.41) is 3.95. The predicted molar refractivity (Wildman–Crippen MR) is 58.7 cm³/mol. The molecule has 17 heavy (non-hydrogen) atoms. The molecular formula is C11H15N3O3. The molecule has 1 aromatic heterocycles. The largest absolute Gasteiger partial charge is 0.468 e. The highest BCUT2D eigenvalue weighted by atomic mass is 16.5. The van der Waals surface area contributed by atoms with Gasteiger partial charge in [0.05, 0.1) is 7.11 Å². The number of rotatable bonds is 3. The molecule has 0 radical (unpaired) electrons. The molecule has 2 fully saturated rings. The molecule has 6 heteroatoms. The maximum absolute atomic E-state index is 11.7. The van der Waals surface area contributed by atoms with E-state index in [1.165, 1.54) is 7.11 Å². The fraction of sp³-hybridized carbons (Fsp3) is 0.727. The smallest absolute Gasteiger partial charge is 0.321 e. The number of carbonyl (C=O) groups excluding carboxylic acids is 1. The molecule has 0 spiro atoms. The van der Waals surface area contributed by atoms with Crippen LogP contribution in [0.25, 0.3) is 0 Å². The molecule has 0 aromatic carbocycles. The first-order valence-electron chi connectivity index (χ1n) is 5.94. The van der Waals surface area contributed by atoms with Gasteiger partial charge in [-0.1, -0.05) is 0 Å². The summed E-state index contributed by atoms with van der Waals surface area (Å²) in [5.41, 5.74) is -0.653. The van der Waals surface area contributed by atoms with Gasteiger partial charge in [-0.25, -0.2) is 0 Å². The molecule has 3 rings (SSSR count). The van der Waals surface area contributed by atoms with Crippen LogP contribution in [0.4, 0.5) is 5.95 Å². The van der Waals surface area contributed by atoms with Crippen LogP contribution >= 0.6 is 0 Å².